The lowest BCUT2D eigenvalue weighted by atomic mass is 9.98. The number of nitrogens with zero attached hydrogens (tertiary/aromatic N) is 5. The molecule has 1 aliphatic heterocycles. The Morgan fingerprint density at radius 3 is 2.31 bits per heavy atom. The fourth-order valence-electron chi connectivity index (χ4n) is 4.25. The van der Waals surface area contributed by atoms with Crippen LogP contribution >= 0.6 is 0 Å². The van der Waals surface area contributed by atoms with Gasteiger partial charge in [0.2, 0.25) is 5.95 Å². The summed E-state index contributed by atoms with van der Waals surface area (Å²) in [5, 5.41) is 0.896. The summed E-state index contributed by atoms with van der Waals surface area (Å²) >= 11 is 0. The molecule has 0 unspecified atom stereocenters. The Kier molecular flexibility index (Phi) is 5.27. The Balaban J connectivity index is 1.46. The molecule has 1 fully saturated rings. The van der Waals surface area contributed by atoms with Crippen LogP contribution in [0.3, 0.4) is 0 Å². The number of hydrogen-bond acceptors (Lipinski definition) is 5. The van der Waals surface area contributed by atoms with Crippen LogP contribution in [0.25, 0.3) is 22.0 Å². The monoisotopic (exact) mass is 423 g/mol. The van der Waals surface area contributed by atoms with Crippen LogP contribution in [0.15, 0.2) is 67.0 Å². The predicted octanol–water partition coefficient (Wildman–Crippen LogP) is 4.27. The van der Waals surface area contributed by atoms with Crippen LogP contribution < -0.4 is 4.90 Å². The molecule has 1 saturated heterocycles. The minimum atomic E-state index is 0.0511. The smallest absolute Gasteiger partial charge is 0.254 e. The maximum atomic E-state index is 13.5. The van der Waals surface area contributed by atoms with E-state index in [1.807, 2.05) is 36.1 Å². The number of anilines is 1. The number of piperazine rings is 1. The molecule has 160 valence electrons. The van der Waals surface area contributed by atoms with Gasteiger partial charge in [0.25, 0.3) is 5.91 Å². The molecular weight excluding hydrogens is 398 g/mol. The summed E-state index contributed by atoms with van der Waals surface area (Å²) in [4.78, 5) is 31.1. The van der Waals surface area contributed by atoms with Crippen LogP contribution in [0.1, 0.15) is 21.6 Å². The zero-order valence-corrected chi connectivity index (χ0v) is 18.3. The first kappa shape index (κ1) is 20.1. The van der Waals surface area contributed by atoms with E-state index in [0.717, 1.165) is 27.7 Å². The van der Waals surface area contributed by atoms with Gasteiger partial charge in [-0.3, -0.25) is 9.78 Å². The van der Waals surface area contributed by atoms with E-state index in [4.69, 9.17) is 4.98 Å². The standard InChI is InChI=1S/C26H25N5O/c1-18-7-9-20(10-8-18)21-5-3-6-22-23(17-19(2)29-24(21)22)25(32)30-13-15-31(16-14-30)26-27-11-4-12-28-26/h3-12,17H,13-16H2,1-2H3. The molecule has 0 saturated carbocycles. The molecule has 0 radical (unpaired) electrons. The molecule has 0 atom stereocenters. The highest BCUT2D eigenvalue weighted by atomic mass is 16.2. The van der Waals surface area contributed by atoms with E-state index >= 15 is 0 Å². The molecule has 0 aliphatic carbocycles. The van der Waals surface area contributed by atoms with Crippen molar-refractivity contribution in [2.24, 2.45) is 0 Å². The van der Waals surface area contributed by atoms with Gasteiger partial charge in [-0.15, -0.1) is 0 Å². The molecule has 2 aromatic carbocycles. The SMILES string of the molecule is Cc1ccc(-c2cccc3c(C(=O)N4CCN(c5ncccn5)CC4)cc(C)nc23)cc1. The van der Waals surface area contributed by atoms with Crippen molar-refractivity contribution in [2.45, 2.75) is 13.8 Å². The van der Waals surface area contributed by atoms with Crippen molar-refractivity contribution in [3.8, 4) is 11.1 Å². The highest BCUT2D eigenvalue weighted by molar-refractivity contribution is 6.09. The minimum Gasteiger partial charge on any atom is -0.337 e. The Labute approximate surface area is 187 Å². The average molecular weight is 424 g/mol. The molecule has 0 N–H and O–H groups in total. The van der Waals surface area contributed by atoms with E-state index in [2.05, 4.69) is 52.1 Å². The molecule has 2 aromatic heterocycles. The molecule has 6 heteroatoms. The van der Waals surface area contributed by atoms with Gasteiger partial charge in [-0.25, -0.2) is 9.97 Å². The molecule has 1 aliphatic rings. The molecule has 5 rings (SSSR count). The lowest BCUT2D eigenvalue weighted by molar-refractivity contribution is 0.0748. The van der Waals surface area contributed by atoms with Crippen molar-refractivity contribution in [2.75, 3.05) is 31.1 Å². The first-order valence-corrected chi connectivity index (χ1v) is 10.9. The largest absolute Gasteiger partial charge is 0.337 e. The molecule has 0 spiro atoms. The van der Waals surface area contributed by atoms with Gasteiger partial charge in [-0.1, -0.05) is 48.0 Å². The minimum absolute atomic E-state index is 0.0511. The van der Waals surface area contributed by atoms with Gasteiger partial charge in [0.15, 0.2) is 0 Å². The molecule has 1 amide bonds. The summed E-state index contributed by atoms with van der Waals surface area (Å²) in [6.07, 6.45) is 3.49. The van der Waals surface area contributed by atoms with E-state index in [0.29, 0.717) is 37.7 Å². The maximum Gasteiger partial charge on any atom is 0.254 e. The fraction of sp³-hybridized carbons (Fsp3) is 0.231. The van der Waals surface area contributed by atoms with E-state index in [1.54, 1.807) is 12.4 Å². The van der Waals surface area contributed by atoms with Crippen LogP contribution in [-0.2, 0) is 0 Å². The molecule has 0 bridgehead atoms. The number of rotatable bonds is 3. The summed E-state index contributed by atoms with van der Waals surface area (Å²) in [7, 11) is 0. The van der Waals surface area contributed by atoms with Crippen molar-refractivity contribution in [3.05, 3.63) is 83.8 Å². The van der Waals surface area contributed by atoms with Gasteiger partial charge in [0.1, 0.15) is 0 Å². The maximum absolute atomic E-state index is 13.5. The molecule has 6 nitrogen and oxygen atoms in total. The second kappa shape index (κ2) is 8.38. The summed E-state index contributed by atoms with van der Waals surface area (Å²) in [6.45, 7) is 6.73. The number of carbonyl (C=O) groups is 1. The van der Waals surface area contributed by atoms with E-state index in [-0.39, 0.29) is 5.91 Å². The van der Waals surface area contributed by atoms with Crippen molar-refractivity contribution in [3.63, 3.8) is 0 Å². The summed E-state index contributed by atoms with van der Waals surface area (Å²) < 4.78 is 0. The zero-order chi connectivity index (χ0) is 22.1. The lowest BCUT2D eigenvalue weighted by Gasteiger charge is -2.34. The molecule has 3 heterocycles. The van der Waals surface area contributed by atoms with Gasteiger partial charge < -0.3 is 9.80 Å². The number of amides is 1. The quantitative estimate of drug-likeness (QED) is 0.492. The Morgan fingerprint density at radius 2 is 1.59 bits per heavy atom. The first-order chi connectivity index (χ1) is 15.6. The number of carbonyl (C=O) groups excluding carboxylic acids is 1. The van der Waals surface area contributed by atoms with Gasteiger partial charge in [-0.05, 0) is 31.5 Å². The van der Waals surface area contributed by atoms with Gasteiger partial charge >= 0.3 is 0 Å². The second-order valence-corrected chi connectivity index (χ2v) is 8.21. The van der Waals surface area contributed by atoms with Crippen molar-refractivity contribution in [1.82, 2.24) is 19.9 Å². The fourth-order valence-corrected chi connectivity index (χ4v) is 4.25. The van der Waals surface area contributed by atoms with E-state index < -0.39 is 0 Å². The number of benzene rings is 2. The van der Waals surface area contributed by atoms with Crippen LogP contribution in [0.4, 0.5) is 5.95 Å². The third-order valence-corrected chi connectivity index (χ3v) is 5.96. The van der Waals surface area contributed by atoms with Gasteiger partial charge in [0.05, 0.1) is 11.1 Å². The first-order valence-electron chi connectivity index (χ1n) is 10.9. The lowest BCUT2D eigenvalue weighted by Crippen LogP contribution is -2.49. The number of fused-ring (bicyclic) bond motifs is 1. The summed E-state index contributed by atoms with van der Waals surface area (Å²) in [5.74, 6) is 0.766. The molecular formula is C26H25N5O. The average Bonchev–Trinajstić information content (AvgIpc) is 2.84. The number of pyridine rings is 1. The highest BCUT2D eigenvalue weighted by Crippen LogP contribution is 2.30. The predicted molar refractivity (Wildman–Crippen MR) is 127 cm³/mol. The number of hydrogen-bond donors (Lipinski definition) is 0. The normalized spacial score (nSPS) is 14.1. The van der Waals surface area contributed by atoms with Crippen molar-refractivity contribution >= 4 is 22.8 Å². The molecule has 4 aromatic rings. The zero-order valence-electron chi connectivity index (χ0n) is 18.3. The third kappa shape index (κ3) is 3.80. The van der Waals surface area contributed by atoms with E-state index in [9.17, 15) is 4.79 Å². The van der Waals surface area contributed by atoms with Crippen molar-refractivity contribution in [1.29, 1.82) is 0 Å². The van der Waals surface area contributed by atoms with Crippen molar-refractivity contribution < 1.29 is 4.79 Å². The number of aromatic nitrogens is 3. The highest BCUT2D eigenvalue weighted by Gasteiger charge is 2.25. The van der Waals surface area contributed by atoms with Crippen LogP contribution in [-0.4, -0.2) is 51.9 Å². The second-order valence-electron chi connectivity index (χ2n) is 8.21. The summed E-state index contributed by atoms with van der Waals surface area (Å²) in [5.41, 5.74) is 5.80. The molecule has 32 heavy (non-hydrogen) atoms. The van der Waals surface area contributed by atoms with Gasteiger partial charge in [0, 0.05) is 55.2 Å². The Morgan fingerprint density at radius 1 is 0.875 bits per heavy atom. The van der Waals surface area contributed by atoms with Gasteiger partial charge in [-0.2, -0.15) is 0 Å². The number of para-hydroxylation sites is 1. The van der Waals surface area contributed by atoms with Crippen LogP contribution in [0.2, 0.25) is 0 Å². The topological polar surface area (TPSA) is 62.2 Å². The summed E-state index contributed by atoms with van der Waals surface area (Å²) in [6, 6.07) is 18.2. The Hall–Kier alpha value is -3.80. The van der Waals surface area contributed by atoms with Crippen LogP contribution in [0, 0.1) is 13.8 Å². The Bertz CT molecular complexity index is 1260. The number of aryl methyl sites for hydroxylation is 2. The van der Waals surface area contributed by atoms with Crippen LogP contribution in [0.5, 0.6) is 0 Å². The third-order valence-electron chi connectivity index (χ3n) is 5.96. The van der Waals surface area contributed by atoms with E-state index in [1.165, 1.54) is 5.56 Å².